The van der Waals surface area contributed by atoms with Crippen molar-refractivity contribution in [3.8, 4) is 0 Å². The van der Waals surface area contributed by atoms with Crippen molar-refractivity contribution in [2.45, 2.75) is 37.0 Å². The van der Waals surface area contributed by atoms with Crippen LogP contribution in [0.5, 0.6) is 0 Å². The number of carbonyl (C=O) groups is 2. The van der Waals surface area contributed by atoms with Gasteiger partial charge in [0.15, 0.2) is 5.67 Å². The molecule has 0 bridgehead atoms. The minimum Gasteiger partial charge on any atom is -0.348 e. The van der Waals surface area contributed by atoms with Crippen LogP contribution >= 0.6 is 0 Å². The summed E-state index contributed by atoms with van der Waals surface area (Å²) in [7, 11) is 0. The van der Waals surface area contributed by atoms with E-state index in [2.05, 4.69) is 10.6 Å². The highest BCUT2D eigenvalue weighted by Crippen LogP contribution is 2.40. The molecule has 2 N–H and O–H groups in total. The molecule has 0 unspecified atom stereocenters. The Bertz CT molecular complexity index is 513. The van der Waals surface area contributed by atoms with E-state index in [1.54, 1.807) is 0 Å². The Morgan fingerprint density at radius 3 is 2.63 bits per heavy atom. The monoisotopic (exact) mass is 262 g/mol. The van der Waals surface area contributed by atoms with E-state index in [4.69, 9.17) is 0 Å². The van der Waals surface area contributed by atoms with E-state index < -0.39 is 11.6 Å². The minimum absolute atomic E-state index is 0.122. The fraction of sp³-hybridized carbons (Fsp3) is 0.429. The number of carbonyl (C=O) groups excluding carboxylic acids is 2. The van der Waals surface area contributed by atoms with Crippen LogP contribution in [0.2, 0.25) is 0 Å². The van der Waals surface area contributed by atoms with Crippen molar-refractivity contribution in [3.63, 3.8) is 0 Å². The second-order valence-electron chi connectivity index (χ2n) is 5.21. The molecule has 1 aromatic carbocycles. The molecular weight excluding hydrogens is 247 g/mol. The SMILES string of the molecule is O=C1C[C@H](NC(=O)C2(F)CC2)[C@@H](c2ccccc2)N1. The molecule has 2 fully saturated rings. The van der Waals surface area contributed by atoms with Crippen LogP contribution in [0, 0.1) is 0 Å². The Hall–Kier alpha value is -1.91. The van der Waals surface area contributed by atoms with Crippen molar-refractivity contribution in [1.29, 1.82) is 0 Å². The lowest BCUT2D eigenvalue weighted by Gasteiger charge is -2.21. The van der Waals surface area contributed by atoms with Crippen molar-refractivity contribution in [1.82, 2.24) is 10.6 Å². The summed E-state index contributed by atoms with van der Waals surface area (Å²) in [6, 6.07) is 8.74. The number of halogens is 1. The maximum atomic E-state index is 13.7. The van der Waals surface area contributed by atoms with E-state index in [-0.39, 0.29) is 37.3 Å². The lowest BCUT2D eigenvalue weighted by atomic mass is 10.0. The van der Waals surface area contributed by atoms with Crippen molar-refractivity contribution in [3.05, 3.63) is 35.9 Å². The van der Waals surface area contributed by atoms with Crippen molar-refractivity contribution in [2.24, 2.45) is 0 Å². The van der Waals surface area contributed by atoms with E-state index in [9.17, 15) is 14.0 Å². The molecule has 0 aromatic heterocycles. The van der Waals surface area contributed by atoms with E-state index >= 15 is 0 Å². The van der Waals surface area contributed by atoms with E-state index in [1.807, 2.05) is 30.3 Å². The third-order valence-corrected chi connectivity index (χ3v) is 3.70. The van der Waals surface area contributed by atoms with Gasteiger partial charge in [0, 0.05) is 6.42 Å². The van der Waals surface area contributed by atoms with Gasteiger partial charge in [-0.25, -0.2) is 4.39 Å². The van der Waals surface area contributed by atoms with Crippen LogP contribution in [0.4, 0.5) is 4.39 Å². The van der Waals surface area contributed by atoms with Gasteiger partial charge in [0.25, 0.3) is 5.91 Å². The Balaban J connectivity index is 1.75. The Morgan fingerprint density at radius 1 is 1.32 bits per heavy atom. The predicted octanol–water partition coefficient (Wildman–Crippen LogP) is 1.23. The average molecular weight is 262 g/mol. The Kier molecular flexibility index (Phi) is 2.77. The fourth-order valence-electron chi connectivity index (χ4n) is 2.40. The Morgan fingerprint density at radius 2 is 2.00 bits per heavy atom. The van der Waals surface area contributed by atoms with Gasteiger partial charge in [0.1, 0.15) is 0 Å². The Labute approximate surface area is 110 Å². The van der Waals surface area contributed by atoms with Crippen LogP contribution in [0.1, 0.15) is 30.9 Å². The number of amides is 2. The van der Waals surface area contributed by atoms with Crippen LogP contribution in [-0.4, -0.2) is 23.5 Å². The van der Waals surface area contributed by atoms with Gasteiger partial charge in [-0.2, -0.15) is 0 Å². The zero-order valence-corrected chi connectivity index (χ0v) is 10.4. The average Bonchev–Trinajstić information content (AvgIpc) is 3.05. The summed E-state index contributed by atoms with van der Waals surface area (Å²) < 4.78 is 13.7. The molecule has 2 atom stereocenters. The normalized spacial score (nSPS) is 27.7. The molecule has 1 aliphatic carbocycles. The van der Waals surface area contributed by atoms with Gasteiger partial charge >= 0.3 is 0 Å². The summed E-state index contributed by atoms with van der Waals surface area (Å²) in [4.78, 5) is 23.3. The molecule has 0 radical (unpaired) electrons. The molecule has 19 heavy (non-hydrogen) atoms. The number of benzene rings is 1. The lowest BCUT2D eigenvalue weighted by molar-refractivity contribution is -0.128. The number of rotatable bonds is 3. The first-order valence-electron chi connectivity index (χ1n) is 6.43. The first-order valence-corrected chi connectivity index (χ1v) is 6.43. The number of hydrogen-bond donors (Lipinski definition) is 2. The minimum atomic E-state index is -1.70. The summed E-state index contributed by atoms with van der Waals surface area (Å²) in [6.07, 6.45) is 0.757. The maximum absolute atomic E-state index is 13.7. The lowest BCUT2D eigenvalue weighted by Crippen LogP contribution is -2.43. The zero-order chi connectivity index (χ0) is 13.5. The molecule has 1 saturated carbocycles. The topological polar surface area (TPSA) is 58.2 Å². The maximum Gasteiger partial charge on any atom is 0.257 e. The fourth-order valence-corrected chi connectivity index (χ4v) is 2.40. The van der Waals surface area contributed by atoms with Crippen LogP contribution in [0.3, 0.4) is 0 Å². The standard InChI is InChI=1S/C14H15FN2O2/c15-14(6-7-14)13(19)16-10-8-11(18)17-12(10)9-4-2-1-3-5-9/h1-5,10,12H,6-8H2,(H,16,19)(H,17,18)/t10-,12+/m0/s1. The molecule has 1 saturated heterocycles. The van der Waals surface area contributed by atoms with Crippen molar-refractivity contribution in [2.75, 3.05) is 0 Å². The first kappa shape index (κ1) is 12.1. The molecule has 2 amide bonds. The van der Waals surface area contributed by atoms with Crippen LogP contribution in [0.15, 0.2) is 30.3 Å². The number of hydrogen-bond acceptors (Lipinski definition) is 2. The van der Waals surface area contributed by atoms with Gasteiger partial charge in [-0.1, -0.05) is 30.3 Å². The van der Waals surface area contributed by atoms with Gasteiger partial charge in [0.05, 0.1) is 12.1 Å². The molecule has 3 rings (SSSR count). The highest BCUT2D eigenvalue weighted by molar-refractivity contribution is 5.89. The van der Waals surface area contributed by atoms with E-state index in [0.29, 0.717) is 0 Å². The van der Waals surface area contributed by atoms with Crippen molar-refractivity contribution < 1.29 is 14.0 Å². The molecule has 1 aliphatic heterocycles. The zero-order valence-electron chi connectivity index (χ0n) is 10.4. The van der Waals surface area contributed by atoms with E-state index in [0.717, 1.165) is 5.56 Å². The molecule has 0 spiro atoms. The largest absolute Gasteiger partial charge is 0.348 e. The van der Waals surface area contributed by atoms with Crippen LogP contribution in [0.25, 0.3) is 0 Å². The number of alkyl halides is 1. The first-order chi connectivity index (χ1) is 9.08. The van der Waals surface area contributed by atoms with Crippen LogP contribution in [-0.2, 0) is 9.59 Å². The molecule has 100 valence electrons. The quantitative estimate of drug-likeness (QED) is 0.861. The third-order valence-electron chi connectivity index (χ3n) is 3.70. The van der Waals surface area contributed by atoms with Crippen LogP contribution < -0.4 is 10.6 Å². The summed E-state index contributed by atoms with van der Waals surface area (Å²) in [5.74, 6) is -0.710. The summed E-state index contributed by atoms with van der Waals surface area (Å²) in [5.41, 5.74) is -0.783. The van der Waals surface area contributed by atoms with Gasteiger partial charge in [-0.3, -0.25) is 9.59 Å². The smallest absolute Gasteiger partial charge is 0.257 e. The van der Waals surface area contributed by atoms with Gasteiger partial charge < -0.3 is 10.6 Å². The molecule has 5 heteroatoms. The van der Waals surface area contributed by atoms with Gasteiger partial charge in [0.2, 0.25) is 5.91 Å². The highest BCUT2D eigenvalue weighted by atomic mass is 19.1. The summed E-state index contributed by atoms with van der Waals surface area (Å²) in [5, 5.41) is 5.48. The second-order valence-corrected chi connectivity index (χ2v) is 5.21. The molecular formula is C14H15FN2O2. The van der Waals surface area contributed by atoms with Gasteiger partial charge in [-0.05, 0) is 18.4 Å². The number of nitrogens with one attached hydrogen (secondary N) is 2. The highest BCUT2D eigenvalue weighted by Gasteiger charge is 2.52. The van der Waals surface area contributed by atoms with Crippen molar-refractivity contribution >= 4 is 11.8 Å². The molecule has 4 nitrogen and oxygen atoms in total. The molecule has 2 aliphatic rings. The summed E-state index contributed by atoms with van der Waals surface area (Å²) >= 11 is 0. The van der Waals surface area contributed by atoms with E-state index in [1.165, 1.54) is 0 Å². The second kappa shape index (κ2) is 4.33. The summed E-state index contributed by atoms with van der Waals surface area (Å²) in [6.45, 7) is 0. The third kappa shape index (κ3) is 2.32. The predicted molar refractivity (Wildman–Crippen MR) is 66.9 cm³/mol. The van der Waals surface area contributed by atoms with Gasteiger partial charge in [-0.15, -0.1) is 0 Å². The molecule has 1 heterocycles. The molecule has 1 aromatic rings.